The average molecular weight is 374 g/mol. The van der Waals surface area contributed by atoms with Gasteiger partial charge in [-0.15, -0.1) is 0 Å². The van der Waals surface area contributed by atoms with Crippen LogP contribution in [0.15, 0.2) is 53.4 Å². The molecule has 1 unspecified atom stereocenters. The van der Waals surface area contributed by atoms with Gasteiger partial charge in [-0.2, -0.15) is 4.31 Å². The Hall–Kier alpha value is -2.38. The second-order valence-corrected chi connectivity index (χ2v) is 8.35. The Bertz CT molecular complexity index is 894. The van der Waals surface area contributed by atoms with Crippen molar-refractivity contribution in [3.05, 3.63) is 54.1 Å². The van der Waals surface area contributed by atoms with Gasteiger partial charge < -0.3 is 10.4 Å². The molecule has 1 heterocycles. The van der Waals surface area contributed by atoms with Gasteiger partial charge in [-0.3, -0.25) is 4.79 Å². The van der Waals surface area contributed by atoms with Crippen LogP contribution in [0.3, 0.4) is 0 Å². The van der Waals surface area contributed by atoms with E-state index in [-0.39, 0.29) is 16.7 Å². The van der Waals surface area contributed by atoms with Crippen LogP contribution < -0.4 is 5.32 Å². The van der Waals surface area contributed by atoms with E-state index < -0.39 is 15.9 Å². The van der Waals surface area contributed by atoms with Crippen LogP contribution in [0.5, 0.6) is 5.75 Å². The normalized spacial score (nSPS) is 18.4. The average Bonchev–Trinajstić information content (AvgIpc) is 2.64. The van der Waals surface area contributed by atoms with Crippen molar-refractivity contribution in [1.29, 1.82) is 0 Å². The van der Waals surface area contributed by atoms with E-state index in [1.165, 1.54) is 34.6 Å². The fraction of sp³-hybridized carbons (Fsp3) is 0.316. The number of aromatic hydroxyl groups is 1. The lowest BCUT2D eigenvalue weighted by atomic mass is 10.1. The molecule has 1 saturated heterocycles. The number of carbonyl (C=O) groups is 1. The highest BCUT2D eigenvalue weighted by atomic mass is 32.2. The summed E-state index contributed by atoms with van der Waals surface area (Å²) in [4.78, 5) is 12.5. The van der Waals surface area contributed by atoms with Crippen molar-refractivity contribution in [1.82, 2.24) is 4.31 Å². The van der Waals surface area contributed by atoms with E-state index in [1.807, 2.05) is 6.92 Å². The van der Waals surface area contributed by atoms with Crippen LogP contribution in [-0.2, 0) is 10.0 Å². The summed E-state index contributed by atoms with van der Waals surface area (Å²) in [5.41, 5.74) is 0.621. The highest BCUT2D eigenvalue weighted by molar-refractivity contribution is 7.89. The van der Waals surface area contributed by atoms with E-state index in [0.29, 0.717) is 17.8 Å². The van der Waals surface area contributed by atoms with Crippen LogP contribution in [0.1, 0.15) is 36.5 Å². The summed E-state index contributed by atoms with van der Waals surface area (Å²) in [7, 11) is -3.56. The SMILES string of the molecule is CC1CCCCN1S(=O)(=O)c1ccc(C(=O)Nc2ccccc2O)cc1. The van der Waals surface area contributed by atoms with Crippen LogP contribution in [0.4, 0.5) is 5.69 Å². The maximum absolute atomic E-state index is 12.8. The number of phenolic OH excluding ortho intramolecular Hbond substituents is 1. The standard InChI is InChI=1S/C19H22N2O4S/c1-14-6-4-5-13-21(14)26(24,25)16-11-9-15(10-12-16)19(23)20-17-7-2-3-8-18(17)22/h2-3,7-12,14,22H,4-6,13H2,1H3,(H,20,23). The molecule has 138 valence electrons. The quantitative estimate of drug-likeness (QED) is 0.805. The summed E-state index contributed by atoms with van der Waals surface area (Å²) in [5, 5.41) is 12.3. The Morgan fingerprint density at radius 1 is 1.12 bits per heavy atom. The maximum atomic E-state index is 12.8. The summed E-state index contributed by atoms with van der Waals surface area (Å²) < 4.78 is 27.1. The van der Waals surface area contributed by atoms with Crippen LogP contribution in [-0.4, -0.2) is 36.3 Å². The molecule has 2 N–H and O–H groups in total. The molecule has 1 aliphatic rings. The second-order valence-electron chi connectivity index (χ2n) is 6.46. The fourth-order valence-corrected chi connectivity index (χ4v) is 4.82. The molecule has 7 heteroatoms. The second kappa shape index (κ2) is 7.47. The molecule has 0 aromatic heterocycles. The zero-order valence-electron chi connectivity index (χ0n) is 14.6. The smallest absolute Gasteiger partial charge is 0.255 e. The van der Waals surface area contributed by atoms with Crippen molar-refractivity contribution >= 4 is 21.6 Å². The number of para-hydroxylation sites is 2. The zero-order chi connectivity index (χ0) is 18.7. The lowest BCUT2D eigenvalue weighted by molar-refractivity contribution is 0.102. The Morgan fingerprint density at radius 3 is 2.46 bits per heavy atom. The first-order chi connectivity index (χ1) is 12.4. The van der Waals surface area contributed by atoms with Gasteiger partial charge in [-0.05, 0) is 56.2 Å². The van der Waals surface area contributed by atoms with E-state index in [2.05, 4.69) is 5.32 Å². The Balaban J connectivity index is 1.77. The molecule has 2 aromatic carbocycles. The third-order valence-corrected chi connectivity index (χ3v) is 6.65. The lowest BCUT2D eigenvalue weighted by Crippen LogP contribution is -2.41. The van der Waals surface area contributed by atoms with Gasteiger partial charge in [-0.25, -0.2) is 8.42 Å². The molecule has 1 aliphatic heterocycles. The fourth-order valence-electron chi connectivity index (χ4n) is 3.12. The van der Waals surface area contributed by atoms with Gasteiger partial charge in [0.05, 0.1) is 10.6 Å². The summed E-state index contributed by atoms with van der Waals surface area (Å²) >= 11 is 0. The molecule has 0 saturated carbocycles. The number of hydrogen-bond acceptors (Lipinski definition) is 4. The molecule has 0 radical (unpaired) electrons. The van der Waals surface area contributed by atoms with Crippen LogP contribution in [0.2, 0.25) is 0 Å². The molecule has 3 rings (SSSR count). The number of nitrogens with zero attached hydrogens (tertiary/aromatic N) is 1. The van der Waals surface area contributed by atoms with Crippen LogP contribution in [0, 0.1) is 0 Å². The Labute approximate surface area is 153 Å². The minimum atomic E-state index is -3.56. The van der Waals surface area contributed by atoms with Crippen molar-refractivity contribution in [2.24, 2.45) is 0 Å². The summed E-state index contributed by atoms with van der Waals surface area (Å²) in [5.74, 6) is -0.444. The summed E-state index contributed by atoms with van der Waals surface area (Å²) in [6.45, 7) is 2.45. The van der Waals surface area contributed by atoms with Gasteiger partial charge >= 0.3 is 0 Å². The maximum Gasteiger partial charge on any atom is 0.255 e. The van der Waals surface area contributed by atoms with Crippen molar-refractivity contribution < 1.29 is 18.3 Å². The number of anilines is 1. The number of benzene rings is 2. The first-order valence-corrected chi connectivity index (χ1v) is 10.0. The van der Waals surface area contributed by atoms with Gasteiger partial charge in [0.15, 0.2) is 0 Å². The first-order valence-electron chi connectivity index (χ1n) is 8.61. The molecular formula is C19H22N2O4S. The molecule has 6 nitrogen and oxygen atoms in total. The highest BCUT2D eigenvalue weighted by Crippen LogP contribution is 2.26. The number of hydrogen-bond donors (Lipinski definition) is 2. The predicted molar refractivity (Wildman–Crippen MR) is 99.7 cm³/mol. The highest BCUT2D eigenvalue weighted by Gasteiger charge is 2.30. The molecule has 26 heavy (non-hydrogen) atoms. The molecule has 1 atom stereocenters. The summed E-state index contributed by atoms with van der Waals surface area (Å²) in [6, 6.07) is 12.3. The van der Waals surface area contributed by atoms with Crippen molar-refractivity contribution in [2.45, 2.75) is 37.1 Å². The van der Waals surface area contributed by atoms with E-state index >= 15 is 0 Å². The number of piperidine rings is 1. The zero-order valence-corrected chi connectivity index (χ0v) is 15.4. The minimum Gasteiger partial charge on any atom is -0.506 e. The topological polar surface area (TPSA) is 86.7 Å². The third-order valence-electron chi connectivity index (χ3n) is 4.62. The van der Waals surface area contributed by atoms with Crippen molar-refractivity contribution in [3.63, 3.8) is 0 Å². The van der Waals surface area contributed by atoms with E-state index in [0.717, 1.165) is 19.3 Å². The summed E-state index contributed by atoms with van der Waals surface area (Å²) in [6.07, 6.45) is 2.77. The Kier molecular flexibility index (Phi) is 5.29. The molecular weight excluding hydrogens is 352 g/mol. The number of rotatable bonds is 4. The number of nitrogens with one attached hydrogen (secondary N) is 1. The predicted octanol–water partition coefficient (Wildman–Crippen LogP) is 3.21. The van der Waals surface area contributed by atoms with Crippen LogP contribution >= 0.6 is 0 Å². The van der Waals surface area contributed by atoms with Crippen molar-refractivity contribution in [2.75, 3.05) is 11.9 Å². The van der Waals surface area contributed by atoms with Crippen LogP contribution in [0.25, 0.3) is 0 Å². The van der Waals surface area contributed by atoms with Gasteiger partial charge in [0.25, 0.3) is 5.91 Å². The van der Waals surface area contributed by atoms with Gasteiger partial charge in [0.2, 0.25) is 10.0 Å². The lowest BCUT2D eigenvalue weighted by Gasteiger charge is -2.32. The molecule has 0 spiro atoms. The van der Waals surface area contributed by atoms with Gasteiger partial charge in [0, 0.05) is 18.2 Å². The van der Waals surface area contributed by atoms with Gasteiger partial charge in [0.1, 0.15) is 5.75 Å². The molecule has 2 aromatic rings. The minimum absolute atomic E-state index is 0.0159. The van der Waals surface area contributed by atoms with E-state index in [9.17, 15) is 18.3 Å². The monoisotopic (exact) mass is 374 g/mol. The Morgan fingerprint density at radius 2 is 1.81 bits per heavy atom. The number of carbonyl (C=O) groups excluding carboxylic acids is 1. The number of sulfonamides is 1. The van der Waals surface area contributed by atoms with Gasteiger partial charge in [-0.1, -0.05) is 18.6 Å². The largest absolute Gasteiger partial charge is 0.506 e. The molecule has 1 amide bonds. The van der Waals surface area contributed by atoms with E-state index in [1.54, 1.807) is 18.2 Å². The first kappa shape index (κ1) is 18.4. The number of phenols is 1. The molecule has 0 aliphatic carbocycles. The third kappa shape index (κ3) is 3.73. The van der Waals surface area contributed by atoms with E-state index in [4.69, 9.17) is 0 Å². The molecule has 1 fully saturated rings. The molecule has 0 bridgehead atoms. The van der Waals surface area contributed by atoms with Crippen molar-refractivity contribution in [3.8, 4) is 5.75 Å². The number of amides is 1.